The Balaban J connectivity index is 2.83. The zero-order valence-electron chi connectivity index (χ0n) is 12.3. The number of hydrogen-bond acceptors (Lipinski definition) is 4. The Morgan fingerprint density at radius 2 is 1.90 bits per heavy atom. The van der Waals surface area contributed by atoms with Crippen molar-refractivity contribution in [2.45, 2.75) is 13.3 Å². The second kappa shape index (κ2) is 8.95. The predicted molar refractivity (Wildman–Crippen MR) is 82.0 cm³/mol. The first-order chi connectivity index (χ1) is 9.60. The van der Waals surface area contributed by atoms with Crippen LogP contribution in [-0.4, -0.2) is 46.3 Å². The highest BCUT2D eigenvalue weighted by Crippen LogP contribution is 2.24. The first kappa shape index (κ1) is 17.0. The van der Waals surface area contributed by atoms with Crippen LogP contribution in [0.5, 0.6) is 0 Å². The van der Waals surface area contributed by atoms with Gasteiger partial charge in [-0.2, -0.15) is 0 Å². The summed E-state index contributed by atoms with van der Waals surface area (Å²) in [4.78, 5) is 13.6. The van der Waals surface area contributed by atoms with Gasteiger partial charge in [-0.25, -0.2) is 0 Å². The molecule has 0 unspecified atom stereocenters. The molecule has 112 valence electrons. The first-order valence-corrected chi connectivity index (χ1v) is 7.01. The molecule has 1 aromatic carbocycles. The van der Waals surface area contributed by atoms with Gasteiger partial charge in [0.05, 0.1) is 11.6 Å². The van der Waals surface area contributed by atoms with Crippen LogP contribution in [0.15, 0.2) is 18.2 Å². The van der Waals surface area contributed by atoms with Gasteiger partial charge < -0.3 is 14.4 Å². The molecule has 1 rings (SSSR count). The number of hydrogen-bond donors (Lipinski definition) is 0. The number of carbonyl (C=O) groups is 1. The number of nitrogens with zero attached hydrogens (tertiary/aromatic N) is 1. The van der Waals surface area contributed by atoms with Crippen molar-refractivity contribution in [3.63, 3.8) is 0 Å². The molecular weight excluding hydrogens is 278 g/mol. The second-order valence-corrected chi connectivity index (χ2v) is 4.95. The molecule has 0 radical (unpaired) electrons. The fraction of sp³-hybridized carbons (Fsp3) is 0.533. The molecule has 0 amide bonds. The Kier molecular flexibility index (Phi) is 7.59. The smallest absolute Gasteiger partial charge is 0.161 e. The van der Waals surface area contributed by atoms with Crippen molar-refractivity contribution in [2.75, 3.05) is 45.4 Å². The summed E-state index contributed by atoms with van der Waals surface area (Å²) in [6, 6.07) is 5.53. The topological polar surface area (TPSA) is 38.8 Å². The summed E-state index contributed by atoms with van der Waals surface area (Å²) in [7, 11) is 3.37. The third-order valence-corrected chi connectivity index (χ3v) is 3.35. The van der Waals surface area contributed by atoms with Gasteiger partial charge in [-0.15, -0.1) is 0 Å². The molecule has 4 nitrogen and oxygen atoms in total. The Morgan fingerprint density at radius 1 is 1.20 bits per heavy atom. The van der Waals surface area contributed by atoms with Crippen molar-refractivity contribution in [3.8, 4) is 0 Å². The lowest BCUT2D eigenvalue weighted by Gasteiger charge is -2.25. The van der Waals surface area contributed by atoms with Crippen LogP contribution in [0.25, 0.3) is 0 Å². The number of anilines is 1. The molecule has 0 aromatic heterocycles. The Labute approximate surface area is 125 Å². The Hall–Kier alpha value is -1.10. The number of halogens is 1. The number of carbonyl (C=O) groups excluding carboxylic acids is 1. The molecule has 5 heteroatoms. The summed E-state index contributed by atoms with van der Waals surface area (Å²) < 4.78 is 10.2. The SMILES string of the molecule is COCCCN(CCOC)c1ccc(C(C)=O)c(Cl)c1. The van der Waals surface area contributed by atoms with Crippen molar-refractivity contribution >= 4 is 23.1 Å². The molecule has 0 bridgehead atoms. The maximum atomic E-state index is 11.4. The van der Waals surface area contributed by atoms with E-state index in [4.69, 9.17) is 21.1 Å². The van der Waals surface area contributed by atoms with E-state index in [2.05, 4.69) is 4.90 Å². The standard InChI is InChI=1S/C15H22ClNO3/c1-12(18)14-6-5-13(11-15(14)16)17(8-10-20-3)7-4-9-19-2/h5-6,11H,4,7-10H2,1-3H3. The van der Waals surface area contributed by atoms with E-state index in [0.717, 1.165) is 25.2 Å². The molecule has 20 heavy (non-hydrogen) atoms. The zero-order valence-corrected chi connectivity index (χ0v) is 13.1. The van der Waals surface area contributed by atoms with E-state index in [9.17, 15) is 4.79 Å². The fourth-order valence-corrected chi connectivity index (χ4v) is 2.27. The van der Waals surface area contributed by atoms with Crippen LogP contribution in [0.1, 0.15) is 23.7 Å². The number of methoxy groups -OCH3 is 2. The average molecular weight is 300 g/mol. The summed E-state index contributed by atoms with van der Waals surface area (Å²) in [5.41, 5.74) is 1.55. The third kappa shape index (κ3) is 5.12. The molecular formula is C15H22ClNO3. The van der Waals surface area contributed by atoms with Crippen LogP contribution in [0, 0.1) is 0 Å². The van der Waals surface area contributed by atoms with Crippen molar-refractivity contribution in [1.82, 2.24) is 0 Å². The van der Waals surface area contributed by atoms with Crippen molar-refractivity contribution in [1.29, 1.82) is 0 Å². The zero-order chi connectivity index (χ0) is 15.0. The van der Waals surface area contributed by atoms with Crippen LogP contribution in [0.4, 0.5) is 5.69 Å². The molecule has 0 saturated carbocycles. The van der Waals surface area contributed by atoms with E-state index < -0.39 is 0 Å². The number of benzene rings is 1. The summed E-state index contributed by atoms with van der Waals surface area (Å²) in [6.07, 6.45) is 0.923. The van der Waals surface area contributed by atoms with E-state index in [1.165, 1.54) is 6.92 Å². The van der Waals surface area contributed by atoms with E-state index in [-0.39, 0.29) is 5.78 Å². The number of ether oxygens (including phenoxy) is 2. The average Bonchev–Trinajstić information content (AvgIpc) is 2.42. The molecule has 0 aliphatic rings. The quantitative estimate of drug-likeness (QED) is 0.519. The van der Waals surface area contributed by atoms with Crippen molar-refractivity contribution < 1.29 is 14.3 Å². The van der Waals surface area contributed by atoms with Crippen LogP contribution in [0.2, 0.25) is 5.02 Å². The Morgan fingerprint density at radius 3 is 2.45 bits per heavy atom. The van der Waals surface area contributed by atoms with Gasteiger partial charge in [0.2, 0.25) is 0 Å². The molecule has 0 N–H and O–H groups in total. The van der Waals surface area contributed by atoms with Gasteiger partial charge in [0.1, 0.15) is 0 Å². The molecule has 0 atom stereocenters. The van der Waals surface area contributed by atoms with E-state index in [1.54, 1.807) is 20.3 Å². The second-order valence-electron chi connectivity index (χ2n) is 4.55. The molecule has 0 saturated heterocycles. The lowest BCUT2D eigenvalue weighted by Crippen LogP contribution is -2.29. The maximum Gasteiger partial charge on any atom is 0.161 e. The minimum absolute atomic E-state index is 0.0237. The van der Waals surface area contributed by atoms with Crippen LogP contribution < -0.4 is 4.90 Å². The lowest BCUT2D eigenvalue weighted by molar-refractivity contribution is 0.101. The van der Waals surface area contributed by atoms with Gasteiger partial charge in [0, 0.05) is 45.2 Å². The highest BCUT2D eigenvalue weighted by molar-refractivity contribution is 6.34. The normalized spacial score (nSPS) is 10.6. The van der Waals surface area contributed by atoms with Gasteiger partial charge in [-0.05, 0) is 31.5 Å². The number of ketones is 1. The van der Waals surface area contributed by atoms with Crippen molar-refractivity contribution in [3.05, 3.63) is 28.8 Å². The van der Waals surface area contributed by atoms with Crippen molar-refractivity contribution in [2.24, 2.45) is 0 Å². The van der Waals surface area contributed by atoms with E-state index in [1.807, 2.05) is 12.1 Å². The van der Waals surface area contributed by atoms with Gasteiger partial charge in [-0.3, -0.25) is 4.79 Å². The molecule has 0 fully saturated rings. The molecule has 0 spiro atoms. The first-order valence-electron chi connectivity index (χ1n) is 6.63. The van der Waals surface area contributed by atoms with E-state index >= 15 is 0 Å². The predicted octanol–water partition coefficient (Wildman–Crippen LogP) is 3.03. The monoisotopic (exact) mass is 299 g/mol. The van der Waals surface area contributed by atoms with Gasteiger partial charge in [-0.1, -0.05) is 11.6 Å². The van der Waals surface area contributed by atoms with E-state index in [0.29, 0.717) is 23.8 Å². The third-order valence-electron chi connectivity index (χ3n) is 3.04. The lowest BCUT2D eigenvalue weighted by atomic mass is 10.1. The highest BCUT2D eigenvalue weighted by atomic mass is 35.5. The molecule has 0 heterocycles. The minimum Gasteiger partial charge on any atom is -0.385 e. The fourth-order valence-electron chi connectivity index (χ4n) is 1.96. The highest BCUT2D eigenvalue weighted by Gasteiger charge is 2.11. The Bertz CT molecular complexity index is 437. The molecule has 1 aromatic rings. The van der Waals surface area contributed by atoms with Gasteiger partial charge in [0.15, 0.2) is 5.78 Å². The van der Waals surface area contributed by atoms with Gasteiger partial charge in [0.25, 0.3) is 0 Å². The largest absolute Gasteiger partial charge is 0.385 e. The minimum atomic E-state index is -0.0237. The summed E-state index contributed by atoms with van der Waals surface area (Å²) in [6.45, 7) is 4.49. The number of rotatable bonds is 9. The van der Waals surface area contributed by atoms with Gasteiger partial charge >= 0.3 is 0 Å². The molecule has 0 aliphatic heterocycles. The van der Waals surface area contributed by atoms with Crippen LogP contribution in [-0.2, 0) is 9.47 Å². The van der Waals surface area contributed by atoms with Crippen LogP contribution >= 0.6 is 11.6 Å². The molecule has 0 aliphatic carbocycles. The van der Waals surface area contributed by atoms with Crippen LogP contribution in [0.3, 0.4) is 0 Å². The number of Topliss-reactive ketones (excluding diaryl/α,β-unsaturated/α-hetero) is 1. The summed E-state index contributed by atoms with van der Waals surface area (Å²) in [5.74, 6) is -0.0237. The summed E-state index contributed by atoms with van der Waals surface area (Å²) in [5, 5.41) is 0.490. The maximum absolute atomic E-state index is 11.4. The summed E-state index contributed by atoms with van der Waals surface area (Å²) >= 11 is 6.16.